The van der Waals surface area contributed by atoms with Crippen LogP contribution in [0.2, 0.25) is 0 Å². The lowest BCUT2D eigenvalue weighted by Crippen LogP contribution is -2.47. The van der Waals surface area contributed by atoms with Crippen LogP contribution in [0.1, 0.15) is 42.6 Å². The van der Waals surface area contributed by atoms with Crippen LogP contribution in [0.15, 0.2) is 10.5 Å². The second-order valence-corrected chi connectivity index (χ2v) is 6.46. The molecule has 1 aliphatic heterocycles. The van der Waals surface area contributed by atoms with Crippen molar-refractivity contribution in [3.63, 3.8) is 0 Å². The number of aliphatic hydroxyl groups excluding tert-OH is 1. The average molecular weight is 296 g/mol. The summed E-state index contributed by atoms with van der Waals surface area (Å²) in [6.07, 6.45) is 0. The summed E-state index contributed by atoms with van der Waals surface area (Å²) in [6.45, 7) is 8.65. The Hall–Kier alpha value is -1.37. The van der Waals surface area contributed by atoms with Crippen molar-refractivity contribution in [1.82, 2.24) is 4.90 Å². The van der Waals surface area contributed by atoms with Crippen LogP contribution < -0.4 is 5.73 Å². The van der Waals surface area contributed by atoms with Crippen molar-refractivity contribution in [1.29, 1.82) is 0 Å². The maximum Gasteiger partial charge on any atom is 0.284 e. The first-order valence-corrected chi connectivity index (χ1v) is 7.18. The zero-order valence-electron chi connectivity index (χ0n) is 12.9. The Labute approximate surface area is 124 Å². The number of rotatable bonds is 4. The number of aliphatic hydroxyl groups is 1. The predicted molar refractivity (Wildman–Crippen MR) is 78.0 cm³/mol. The van der Waals surface area contributed by atoms with E-state index in [-0.39, 0.29) is 23.8 Å². The molecule has 0 aromatic carbocycles. The van der Waals surface area contributed by atoms with E-state index in [2.05, 4.69) is 4.90 Å². The molecule has 3 N–H and O–H groups in total. The minimum absolute atomic E-state index is 0.0292. The van der Waals surface area contributed by atoms with E-state index < -0.39 is 5.91 Å². The van der Waals surface area contributed by atoms with E-state index in [1.54, 1.807) is 6.07 Å². The van der Waals surface area contributed by atoms with Gasteiger partial charge in [0.2, 0.25) is 0 Å². The lowest BCUT2D eigenvalue weighted by molar-refractivity contribution is -0.0315. The minimum Gasteiger partial charge on any atom is -0.455 e. The van der Waals surface area contributed by atoms with Gasteiger partial charge >= 0.3 is 0 Å². The molecule has 2 heterocycles. The Bertz CT molecular complexity index is 504. The molecule has 1 saturated heterocycles. The van der Waals surface area contributed by atoms with Gasteiger partial charge in [-0.15, -0.1) is 0 Å². The number of furan rings is 1. The number of morpholine rings is 1. The van der Waals surface area contributed by atoms with E-state index in [4.69, 9.17) is 14.9 Å². The molecule has 1 aliphatic rings. The van der Waals surface area contributed by atoms with Crippen LogP contribution in [0.3, 0.4) is 0 Å². The van der Waals surface area contributed by atoms with Crippen molar-refractivity contribution in [2.24, 2.45) is 5.73 Å². The molecule has 1 atom stereocenters. The highest BCUT2D eigenvalue weighted by Gasteiger charge is 2.29. The van der Waals surface area contributed by atoms with Crippen LogP contribution in [0, 0.1) is 0 Å². The summed E-state index contributed by atoms with van der Waals surface area (Å²) in [4.78, 5) is 13.5. The van der Waals surface area contributed by atoms with Crippen LogP contribution in [0.4, 0.5) is 0 Å². The van der Waals surface area contributed by atoms with Crippen LogP contribution in [0.25, 0.3) is 0 Å². The van der Waals surface area contributed by atoms with Gasteiger partial charge in [0.05, 0.1) is 25.9 Å². The Kier molecular flexibility index (Phi) is 4.70. The number of hydrogen-bond acceptors (Lipinski definition) is 5. The largest absolute Gasteiger partial charge is 0.455 e. The molecule has 0 aliphatic carbocycles. The van der Waals surface area contributed by atoms with Crippen LogP contribution in [-0.2, 0) is 16.7 Å². The van der Waals surface area contributed by atoms with Crippen LogP contribution in [0.5, 0.6) is 0 Å². The molecule has 0 radical (unpaired) electrons. The molecule has 1 unspecified atom stereocenters. The zero-order valence-corrected chi connectivity index (χ0v) is 12.9. The monoisotopic (exact) mass is 296 g/mol. The normalized spacial score (nSPS) is 20.7. The summed E-state index contributed by atoms with van der Waals surface area (Å²) in [5, 5.41) is 9.44. The number of primary amides is 1. The number of ether oxygens (including phenoxy) is 1. The van der Waals surface area contributed by atoms with Gasteiger partial charge in [0.15, 0.2) is 5.76 Å². The number of carbonyl (C=O) groups excluding carboxylic acids is 1. The third-order valence-electron chi connectivity index (χ3n) is 3.67. The SMILES string of the molecule is CC(C)(C)c1oc(C(N)=O)cc1CN1CCOCC1CO. The van der Waals surface area contributed by atoms with Gasteiger partial charge in [-0.25, -0.2) is 0 Å². The lowest BCUT2D eigenvalue weighted by Gasteiger charge is -2.34. The fourth-order valence-corrected chi connectivity index (χ4v) is 2.59. The van der Waals surface area contributed by atoms with Gasteiger partial charge in [0.25, 0.3) is 5.91 Å². The molecule has 21 heavy (non-hydrogen) atoms. The fourth-order valence-electron chi connectivity index (χ4n) is 2.59. The van der Waals surface area contributed by atoms with Gasteiger partial charge in [-0.3, -0.25) is 9.69 Å². The molecule has 6 heteroatoms. The van der Waals surface area contributed by atoms with Crippen molar-refractivity contribution < 1.29 is 19.1 Å². The first kappa shape index (κ1) is 16.0. The summed E-state index contributed by atoms with van der Waals surface area (Å²) in [7, 11) is 0. The molecule has 1 aromatic rings. The maximum atomic E-state index is 11.4. The highest BCUT2D eigenvalue weighted by Crippen LogP contribution is 2.30. The summed E-state index contributed by atoms with van der Waals surface area (Å²) < 4.78 is 11.0. The lowest BCUT2D eigenvalue weighted by atomic mass is 9.90. The first-order chi connectivity index (χ1) is 9.82. The molecule has 6 nitrogen and oxygen atoms in total. The van der Waals surface area contributed by atoms with Gasteiger partial charge in [-0.1, -0.05) is 20.8 Å². The molecular weight excluding hydrogens is 272 g/mol. The third-order valence-corrected chi connectivity index (χ3v) is 3.67. The first-order valence-electron chi connectivity index (χ1n) is 7.18. The number of carbonyl (C=O) groups is 1. The maximum absolute atomic E-state index is 11.4. The van der Waals surface area contributed by atoms with Gasteiger partial charge in [-0.2, -0.15) is 0 Å². The summed E-state index contributed by atoms with van der Waals surface area (Å²) in [5.74, 6) is 0.385. The molecule has 1 amide bonds. The summed E-state index contributed by atoms with van der Waals surface area (Å²) in [5.41, 5.74) is 6.04. The van der Waals surface area contributed by atoms with Gasteiger partial charge in [0.1, 0.15) is 5.76 Å². The van der Waals surface area contributed by atoms with E-state index in [0.717, 1.165) is 17.9 Å². The van der Waals surface area contributed by atoms with Crippen molar-refractivity contribution in [3.8, 4) is 0 Å². The highest BCUT2D eigenvalue weighted by molar-refractivity contribution is 5.90. The molecule has 0 bridgehead atoms. The van der Waals surface area contributed by atoms with Crippen LogP contribution in [-0.4, -0.2) is 48.3 Å². The molecule has 2 rings (SSSR count). The molecular formula is C15H24N2O4. The van der Waals surface area contributed by atoms with E-state index in [1.165, 1.54) is 0 Å². The van der Waals surface area contributed by atoms with Crippen LogP contribution >= 0.6 is 0 Å². The molecule has 0 saturated carbocycles. The molecule has 118 valence electrons. The average Bonchev–Trinajstić information content (AvgIpc) is 2.83. The van der Waals surface area contributed by atoms with E-state index in [9.17, 15) is 9.90 Å². The molecule has 0 spiro atoms. The van der Waals surface area contributed by atoms with Crippen molar-refractivity contribution in [2.75, 3.05) is 26.4 Å². The quantitative estimate of drug-likeness (QED) is 0.860. The van der Waals surface area contributed by atoms with Gasteiger partial charge in [0, 0.05) is 24.1 Å². The number of nitrogens with two attached hydrogens (primary N) is 1. The number of hydrogen-bond donors (Lipinski definition) is 2. The highest BCUT2D eigenvalue weighted by atomic mass is 16.5. The van der Waals surface area contributed by atoms with Crippen molar-refractivity contribution >= 4 is 5.91 Å². The van der Waals surface area contributed by atoms with E-state index in [0.29, 0.717) is 19.8 Å². The van der Waals surface area contributed by atoms with Crippen molar-refractivity contribution in [3.05, 3.63) is 23.2 Å². The zero-order chi connectivity index (χ0) is 15.6. The predicted octanol–water partition coefficient (Wildman–Crippen LogP) is 0.869. The number of nitrogens with zero attached hydrogens (tertiary/aromatic N) is 1. The Balaban J connectivity index is 2.27. The molecule has 1 fully saturated rings. The summed E-state index contributed by atoms with van der Waals surface area (Å²) >= 11 is 0. The van der Waals surface area contributed by atoms with E-state index >= 15 is 0 Å². The third kappa shape index (κ3) is 3.64. The minimum atomic E-state index is -0.563. The standard InChI is InChI=1S/C15H24N2O4/c1-15(2,3)13-10(6-12(21-13)14(16)19)7-17-4-5-20-9-11(17)8-18/h6,11,18H,4-5,7-9H2,1-3H3,(H2,16,19). The Morgan fingerprint density at radius 1 is 1.52 bits per heavy atom. The van der Waals surface area contributed by atoms with E-state index in [1.807, 2.05) is 20.8 Å². The topological polar surface area (TPSA) is 88.9 Å². The fraction of sp³-hybridized carbons (Fsp3) is 0.667. The Morgan fingerprint density at radius 2 is 2.24 bits per heavy atom. The Morgan fingerprint density at radius 3 is 2.81 bits per heavy atom. The summed E-state index contributed by atoms with van der Waals surface area (Å²) in [6, 6.07) is 1.69. The molecule has 1 aromatic heterocycles. The van der Waals surface area contributed by atoms with Gasteiger partial charge in [-0.05, 0) is 6.07 Å². The van der Waals surface area contributed by atoms with Gasteiger partial charge < -0.3 is 20.0 Å². The smallest absolute Gasteiger partial charge is 0.284 e. The van der Waals surface area contributed by atoms with Crippen molar-refractivity contribution in [2.45, 2.75) is 38.8 Å². The number of amides is 1. The second kappa shape index (κ2) is 6.17. The second-order valence-electron chi connectivity index (χ2n) is 6.46.